The molecule has 0 aromatic heterocycles. The van der Waals surface area contributed by atoms with Crippen molar-refractivity contribution in [3.8, 4) is 0 Å². The molecule has 2 amide bonds. The van der Waals surface area contributed by atoms with Crippen molar-refractivity contribution in [2.75, 3.05) is 20.6 Å². The quantitative estimate of drug-likeness (QED) is 0.854. The van der Waals surface area contributed by atoms with Gasteiger partial charge in [0.25, 0.3) is 5.91 Å². The molecule has 1 aromatic carbocycles. The lowest BCUT2D eigenvalue weighted by molar-refractivity contribution is -0.121. The van der Waals surface area contributed by atoms with Crippen molar-refractivity contribution >= 4 is 21.8 Å². The van der Waals surface area contributed by atoms with E-state index >= 15 is 0 Å². The average molecular weight is 339 g/mol. The van der Waals surface area contributed by atoms with Crippen molar-refractivity contribution in [2.24, 2.45) is 5.73 Å². The first-order chi connectivity index (χ1) is 10.7. The molecular weight excluding hydrogens is 318 g/mol. The molecular formula is C15H21N3O4S. The van der Waals surface area contributed by atoms with Crippen molar-refractivity contribution < 1.29 is 18.0 Å². The summed E-state index contributed by atoms with van der Waals surface area (Å²) >= 11 is 0. The molecule has 0 bridgehead atoms. The molecule has 1 fully saturated rings. The van der Waals surface area contributed by atoms with E-state index < -0.39 is 22.0 Å². The predicted octanol–water partition coefficient (Wildman–Crippen LogP) is 0.335. The molecule has 1 aromatic rings. The summed E-state index contributed by atoms with van der Waals surface area (Å²) < 4.78 is 25.8. The van der Waals surface area contributed by atoms with E-state index in [9.17, 15) is 18.0 Å². The zero-order valence-electron chi connectivity index (χ0n) is 13.4. The van der Waals surface area contributed by atoms with Gasteiger partial charge >= 0.3 is 0 Å². The van der Waals surface area contributed by atoms with Crippen LogP contribution in [0, 0.1) is 6.92 Å². The number of hydrogen-bond donors (Lipinski definition) is 1. The van der Waals surface area contributed by atoms with Gasteiger partial charge in [-0.2, -0.15) is 0 Å². The number of nitrogens with two attached hydrogens (primary N) is 1. The molecule has 1 aliphatic heterocycles. The highest BCUT2D eigenvalue weighted by molar-refractivity contribution is 7.89. The van der Waals surface area contributed by atoms with Crippen molar-refractivity contribution in [1.29, 1.82) is 0 Å². The lowest BCUT2D eigenvalue weighted by atomic mass is 10.1. The zero-order chi connectivity index (χ0) is 17.4. The van der Waals surface area contributed by atoms with Crippen molar-refractivity contribution in [3.05, 3.63) is 29.3 Å². The summed E-state index contributed by atoms with van der Waals surface area (Å²) in [5.41, 5.74) is 6.13. The largest absolute Gasteiger partial charge is 0.368 e. The van der Waals surface area contributed by atoms with E-state index in [0.717, 1.165) is 4.31 Å². The second kappa shape index (κ2) is 6.29. The summed E-state index contributed by atoms with van der Waals surface area (Å²) in [6.45, 7) is 2.11. The number of aryl methyl sites for hydroxylation is 1. The minimum atomic E-state index is -3.65. The van der Waals surface area contributed by atoms with E-state index in [1.54, 1.807) is 19.1 Å². The molecule has 0 unspecified atom stereocenters. The van der Waals surface area contributed by atoms with Gasteiger partial charge in [0, 0.05) is 26.2 Å². The Balaban J connectivity index is 2.42. The normalized spacial score (nSPS) is 18.4. The molecule has 1 atom stereocenters. The second-order valence-electron chi connectivity index (χ2n) is 5.83. The first-order valence-corrected chi connectivity index (χ1v) is 8.73. The van der Waals surface area contributed by atoms with E-state index in [0.29, 0.717) is 24.9 Å². The Hall–Kier alpha value is -1.93. The van der Waals surface area contributed by atoms with Crippen LogP contribution in [0.2, 0.25) is 0 Å². The minimum Gasteiger partial charge on any atom is -0.368 e. The maximum atomic E-state index is 12.6. The number of sulfonamides is 1. The maximum absolute atomic E-state index is 12.6. The van der Waals surface area contributed by atoms with E-state index in [4.69, 9.17) is 5.73 Å². The molecule has 0 radical (unpaired) electrons. The number of carbonyl (C=O) groups is 2. The molecule has 0 saturated carbocycles. The van der Waals surface area contributed by atoms with Crippen molar-refractivity contribution in [3.63, 3.8) is 0 Å². The van der Waals surface area contributed by atoms with Crippen molar-refractivity contribution in [2.45, 2.75) is 30.7 Å². The molecule has 1 saturated heterocycles. The molecule has 1 heterocycles. The van der Waals surface area contributed by atoms with Crippen LogP contribution in [0.15, 0.2) is 23.1 Å². The van der Waals surface area contributed by atoms with Gasteiger partial charge in [-0.15, -0.1) is 0 Å². The van der Waals surface area contributed by atoms with Gasteiger partial charge in [-0.1, -0.05) is 6.07 Å². The zero-order valence-corrected chi connectivity index (χ0v) is 14.3. The van der Waals surface area contributed by atoms with Crippen LogP contribution in [0.3, 0.4) is 0 Å². The van der Waals surface area contributed by atoms with E-state index in [1.165, 1.54) is 25.1 Å². The van der Waals surface area contributed by atoms with E-state index in [1.807, 2.05) is 0 Å². The lowest BCUT2D eigenvalue weighted by Gasteiger charge is -2.23. The summed E-state index contributed by atoms with van der Waals surface area (Å²) in [5, 5.41) is 0. The SMILES string of the molecule is Cc1ccc(C(=O)N2CCC[C@H]2C(N)=O)cc1S(=O)(=O)N(C)C. The summed E-state index contributed by atoms with van der Waals surface area (Å²) in [5.74, 6) is -0.911. The first kappa shape index (κ1) is 17.4. The van der Waals surface area contributed by atoms with Gasteiger partial charge in [0.2, 0.25) is 15.9 Å². The molecule has 1 aliphatic rings. The fourth-order valence-electron chi connectivity index (χ4n) is 2.68. The molecule has 8 heteroatoms. The number of benzene rings is 1. The highest BCUT2D eigenvalue weighted by Crippen LogP contribution is 2.24. The Morgan fingerprint density at radius 1 is 1.30 bits per heavy atom. The molecule has 126 valence electrons. The third-order valence-electron chi connectivity index (χ3n) is 4.04. The number of carbonyl (C=O) groups excluding carboxylic acids is 2. The maximum Gasteiger partial charge on any atom is 0.254 e. The molecule has 2 N–H and O–H groups in total. The lowest BCUT2D eigenvalue weighted by Crippen LogP contribution is -2.43. The van der Waals surface area contributed by atoms with Crippen LogP contribution in [-0.2, 0) is 14.8 Å². The van der Waals surface area contributed by atoms with Gasteiger partial charge < -0.3 is 10.6 Å². The minimum absolute atomic E-state index is 0.0863. The monoisotopic (exact) mass is 339 g/mol. The van der Waals surface area contributed by atoms with Gasteiger partial charge in [-0.05, 0) is 37.5 Å². The number of amides is 2. The summed E-state index contributed by atoms with van der Waals surface area (Å²) in [7, 11) is -0.771. The predicted molar refractivity (Wildman–Crippen MR) is 85.3 cm³/mol. The van der Waals surface area contributed by atoms with E-state index in [-0.39, 0.29) is 16.4 Å². The third kappa shape index (κ3) is 3.23. The Morgan fingerprint density at radius 3 is 2.52 bits per heavy atom. The number of rotatable bonds is 4. The summed E-state index contributed by atoms with van der Waals surface area (Å²) in [6, 6.07) is 3.91. The van der Waals surface area contributed by atoms with E-state index in [2.05, 4.69) is 0 Å². The average Bonchev–Trinajstić information content (AvgIpc) is 2.96. The van der Waals surface area contributed by atoms with Gasteiger partial charge in [0.05, 0.1) is 4.90 Å². The Labute approximate surface area is 136 Å². The van der Waals surface area contributed by atoms with Crippen LogP contribution < -0.4 is 5.73 Å². The van der Waals surface area contributed by atoms with Crippen LogP contribution in [0.25, 0.3) is 0 Å². The summed E-state index contributed by atoms with van der Waals surface area (Å²) in [6.07, 6.45) is 1.24. The number of nitrogens with zero attached hydrogens (tertiary/aromatic N) is 2. The smallest absolute Gasteiger partial charge is 0.254 e. The molecule has 2 rings (SSSR count). The van der Waals surface area contributed by atoms with Gasteiger partial charge in [0.1, 0.15) is 6.04 Å². The fourth-order valence-corrected chi connectivity index (χ4v) is 3.82. The van der Waals surface area contributed by atoms with Gasteiger partial charge in [-0.25, -0.2) is 12.7 Å². The molecule has 23 heavy (non-hydrogen) atoms. The number of hydrogen-bond acceptors (Lipinski definition) is 4. The number of primary amides is 1. The van der Waals surface area contributed by atoms with Gasteiger partial charge in [0.15, 0.2) is 0 Å². The Kier molecular flexibility index (Phi) is 4.76. The topological polar surface area (TPSA) is 101 Å². The first-order valence-electron chi connectivity index (χ1n) is 7.29. The molecule has 7 nitrogen and oxygen atoms in total. The molecule has 0 aliphatic carbocycles. The van der Waals surface area contributed by atoms with Crippen LogP contribution in [-0.4, -0.2) is 56.1 Å². The fraction of sp³-hybridized carbons (Fsp3) is 0.467. The highest BCUT2D eigenvalue weighted by atomic mass is 32.2. The van der Waals surface area contributed by atoms with Crippen LogP contribution in [0.4, 0.5) is 0 Å². The Morgan fingerprint density at radius 2 is 1.96 bits per heavy atom. The van der Waals surface area contributed by atoms with Crippen LogP contribution in [0.5, 0.6) is 0 Å². The molecule has 0 spiro atoms. The van der Waals surface area contributed by atoms with Crippen LogP contribution >= 0.6 is 0 Å². The highest BCUT2D eigenvalue weighted by Gasteiger charge is 2.33. The Bertz CT molecular complexity index is 743. The second-order valence-corrected chi connectivity index (χ2v) is 7.95. The standard InChI is InChI=1S/C15H21N3O4S/c1-10-6-7-11(9-13(10)23(21,22)17(2)3)15(20)18-8-4-5-12(18)14(16)19/h6-7,9,12H,4-5,8H2,1-3H3,(H2,16,19)/t12-/m0/s1. The third-order valence-corrected chi connectivity index (χ3v) is 5.99. The van der Waals surface area contributed by atoms with Crippen molar-refractivity contribution in [1.82, 2.24) is 9.21 Å². The summed E-state index contributed by atoms with van der Waals surface area (Å²) in [4.78, 5) is 25.6. The van der Waals surface area contributed by atoms with Crippen LogP contribution in [0.1, 0.15) is 28.8 Å². The van der Waals surface area contributed by atoms with Gasteiger partial charge in [-0.3, -0.25) is 9.59 Å². The number of likely N-dealkylation sites (tertiary alicyclic amines) is 1.